The first-order valence-electron chi connectivity index (χ1n) is 2.84. The van der Waals surface area contributed by atoms with E-state index < -0.39 is 5.97 Å². The molecule has 0 aromatic heterocycles. The quantitative estimate of drug-likeness (QED) is 0.589. The number of hydrogen-bond acceptors (Lipinski definition) is 2. The molecule has 0 amide bonds. The van der Waals surface area contributed by atoms with Crippen LogP contribution in [-0.2, 0) is 4.79 Å². The van der Waals surface area contributed by atoms with Crippen molar-refractivity contribution in [2.75, 3.05) is 0 Å². The van der Waals surface area contributed by atoms with Crippen LogP contribution in [0, 0.1) is 0 Å². The van der Waals surface area contributed by atoms with E-state index in [1.807, 2.05) is 11.5 Å². The Bertz CT molecular complexity index is 147. The molecule has 0 saturated heterocycles. The molecule has 4 heteroatoms. The molecule has 0 saturated carbocycles. The molecule has 0 spiro atoms. The Hall–Kier alpha value is 0.560. The van der Waals surface area contributed by atoms with Crippen molar-refractivity contribution in [3.05, 3.63) is 11.5 Å². The van der Waals surface area contributed by atoms with Crippen molar-refractivity contribution in [2.24, 2.45) is 0 Å². The van der Waals surface area contributed by atoms with Crippen molar-refractivity contribution < 1.29 is 9.90 Å². The number of rotatable bonds is 1. The first-order chi connectivity index (χ1) is 4.30. The van der Waals surface area contributed by atoms with Gasteiger partial charge in [-0.25, -0.2) is 0 Å². The summed E-state index contributed by atoms with van der Waals surface area (Å²) in [6.07, 6.45) is 3.69. The Balaban J connectivity index is 0.000000810. The predicted molar refractivity (Wildman–Crippen MR) is 44.5 cm³/mol. The second kappa shape index (κ2) is 5.24. The minimum atomic E-state index is -0.690. The maximum absolute atomic E-state index is 10.3. The molecule has 1 N–H and O–H groups in total. The second-order valence-corrected chi connectivity index (χ2v) is 3.03. The van der Waals surface area contributed by atoms with Gasteiger partial charge in [0.05, 0.1) is 0 Å². The zero-order valence-corrected chi connectivity index (χ0v) is 5.73. The van der Waals surface area contributed by atoms with E-state index >= 15 is 0 Å². The standard InChI is InChI=1S/C6H8O2S.Na.H/c7-6(8)5-3-1-2-4-9-5;;/h2,4-5H,1,3H2,(H,7,8);;. The van der Waals surface area contributed by atoms with Gasteiger partial charge in [0.15, 0.2) is 0 Å². The Kier molecular flexibility index (Phi) is 5.54. The summed E-state index contributed by atoms with van der Waals surface area (Å²) in [5.41, 5.74) is 0. The number of carbonyl (C=O) groups is 1. The third-order valence-corrected chi connectivity index (χ3v) is 2.33. The van der Waals surface area contributed by atoms with E-state index in [0.29, 0.717) is 0 Å². The third-order valence-electron chi connectivity index (χ3n) is 1.21. The van der Waals surface area contributed by atoms with Gasteiger partial charge in [-0.1, -0.05) is 6.08 Å². The van der Waals surface area contributed by atoms with E-state index in [2.05, 4.69) is 0 Å². The van der Waals surface area contributed by atoms with Crippen LogP contribution in [0.5, 0.6) is 0 Å². The van der Waals surface area contributed by atoms with Gasteiger partial charge in [-0.05, 0) is 18.2 Å². The Morgan fingerprint density at radius 3 is 2.70 bits per heavy atom. The Morgan fingerprint density at radius 2 is 2.40 bits per heavy atom. The van der Waals surface area contributed by atoms with E-state index in [-0.39, 0.29) is 34.8 Å². The van der Waals surface area contributed by atoms with E-state index in [1.54, 1.807) is 0 Å². The molecular formula is C6H9NaO2S. The molecule has 0 fully saturated rings. The summed E-state index contributed by atoms with van der Waals surface area (Å²) >= 11 is 1.39. The normalized spacial score (nSPS) is 23.4. The van der Waals surface area contributed by atoms with Gasteiger partial charge < -0.3 is 5.11 Å². The summed E-state index contributed by atoms with van der Waals surface area (Å²) in [6, 6.07) is 0. The van der Waals surface area contributed by atoms with Crippen LogP contribution in [0.1, 0.15) is 12.8 Å². The molecule has 1 aliphatic rings. The number of aliphatic carboxylic acids is 1. The number of carboxylic acid groups (broad SMARTS) is 1. The SMILES string of the molecule is O=C(O)C1CCC=CS1.[NaH]. The van der Waals surface area contributed by atoms with Gasteiger partial charge in [0, 0.05) is 0 Å². The fourth-order valence-corrected chi connectivity index (χ4v) is 1.54. The minimum absolute atomic E-state index is 0. The number of hydrogen-bond donors (Lipinski definition) is 1. The van der Waals surface area contributed by atoms with Crippen molar-refractivity contribution in [2.45, 2.75) is 18.1 Å². The van der Waals surface area contributed by atoms with Gasteiger partial charge in [0.25, 0.3) is 0 Å². The average molecular weight is 168 g/mol. The first-order valence-corrected chi connectivity index (χ1v) is 3.78. The number of thioether (sulfide) groups is 1. The van der Waals surface area contributed by atoms with Gasteiger partial charge in [-0.2, -0.15) is 0 Å². The fraction of sp³-hybridized carbons (Fsp3) is 0.500. The molecule has 10 heavy (non-hydrogen) atoms. The van der Waals surface area contributed by atoms with Crippen LogP contribution in [0.25, 0.3) is 0 Å². The van der Waals surface area contributed by atoms with Crippen LogP contribution < -0.4 is 0 Å². The molecule has 1 heterocycles. The molecule has 0 aromatic carbocycles. The summed E-state index contributed by atoms with van der Waals surface area (Å²) in [6.45, 7) is 0. The molecular weight excluding hydrogens is 159 g/mol. The summed E-state index contributed by atoms with van der Waals surface area (Å²) in [5, 5.41) is 10.1. The van der Waals surface area contributed by atoms with E-state index in [4.69, 9.17) is 5.11 Å². The van der Waals surface area contributed by atoms with Crippen LogP contribution in [0.4, 0.5) is 0 Å². The van der Waals surface area contributed by atoms with Gasteiger partial charge in [0.1, 0.15) is 5.25 Å². The van der Waals surface area contributed by atoms with Gasteiger partial charge in [-0.15, -0.1) is 11.8 Å². The van der Waals surface area contributed by atoms with Crippen LogP contribution >= 0.6 is 11.8 Å². The molecule has 0 aliphatic carbocycles. The molecule has 0 bridgehead atoms. The summed E-state index contributed by atoms with van der Waals surface area (Å²) in [5.74, 6) is -0.690. The molecule has 1 unspecified atom stereocenters. The molecule has 2 nitrogen and oxygen atoms in total. The van der Waals surface area contributed by atoms with Crippen molar-refractivity contribution in [1.82, 2.24) is 0 Å². The van der Waals surface area contributed by atoms with Crippen LogP contribution in [0.3, 0.4) is 0 Å². The fourth-order valence-electron chi connectivity index (χ4n) is 0.716. The average Bonchev–Trinajstić information content (AvgIpc) is 1.90. The molecule has 52 valence electrons. The molecule has 0 radical (unpaired) electrons. The van der Waals surface area contributed by atoms with Crippen molar-refractivity contribution in [1.29, 1.82) is 0 Å². The topological polar surface area (TPSA) is 37.3 Å². The maximum atomic E-state index is 10.3. The molecule has 0 aromatic rings. The van der Waals surface area contributed by atoms with Crippen molar-refractivity contribution in [3.8, 4) is 0 Å². The van der Waals surface area contributed by atoms with E-state index in [9.17, 15) is 4.79 Å². The van der Waals surface area contributed by atoms with E-state index in [0.717, 1.165) is 12.8 Å². The first kappa shape index (κ1) is 10.6. The molecule has 1 atom stereocenters. The van der Waals surface area contributed by atoms with Gasteiger partial charge in [0.2, 0.25) is 0 Å². The Labute approximate surface area is 86.4 Å². The Morgan fingerprint density at radius 1 is 1.70 bits per heavy atom. The summed E-state index contributed by atoms with van der Waals surface area (Å²) in [7, 11) is 0. The van der Waals surface area contributed by atoms with Crippen LogP contribution in [-0.4, -0.2) is 45.9 Å². The summed E-state index contributed by atoms with van der Waals surface area (Å²) in [4.78, 5) is 10.3. The van der Waals surface area contributed by atoms with Crippen molar-refractivity contribution in [3.63, 3.8) is 0 Å². The molecule has 1 rings (SSSR count). The van der Waals surface area contributed by atoms with E-state index in [1.165, 1.54) is 11.8 Å². The second-order valence-electron chi connectivity index (χ2n) is 1.91. The predicted octanol–water partition coefficient (Wildman–Crippen LogP) is 0.832. The number of allylic oxidation sites excluding steroid dienone is 1. The van der Waals surface area contributed by atoms with Gasteiger partial charge >= 0.3 is 35.5 Å². The third kappa shape index (κ3) is 3.10. The van der Waals surface area contributed by atoms with Crippen molar-refractivity contribution >= 4 is 47.3 Å². The molecule has 1 aliphatic heterocycles. The zero-order valence-electron chi connectivity index (χ0n) is 4.91. The van der Waals surface area contributed by atoms with Crippen LogP contribution in [0.2, 0.25) is 0 Å². The summed E-state index contributed by atoms with van der Waals surface area (Å²) < 4.78 is 0. The monoisotopic (exact) mass is 168 g/mol. The number of carboxylic acids is 1. The van der Waals surface area contributed by atoms with Crippen LogP contribution in [0.15, 0.2) is 11.5 Å². The zero-order chi connectivity index (χ0) is 6.69. The van der Waals surface area contributed by atoms with Gasteiger partial charge in [-0.3, -0.25) is 4.79 Å².